The molecule has 1 aromatic heterocycles. The number of carboxylic acids is 1. The number of ketones is 1. The van der Waals surface area contributed by atoms with Crippen LogP contribution in [0.3, 0.4) is 0 Å². The van der Waals surface area contributed by atoms with E-state index in [9.17, 15) is 29.1 Å². The van der Waals surface area contributed by atoms with Crippen molar-refractivity contribution in [2.45, 2.75) is 62.9 Å². The molecule has 0 bridgehead atoms. The predicted octanol–water partition coefficient (Wildman–Crippen LogP) is 4.85. The van der Waals surface area contributed by atoms with Crippen LogP contribution in [0.15, 0.2) is 109 Å². The number of rotatable bonds is 13. The zero-order valence-electron chi connectivity index (χ0n) is 28.2. The number of halogens is 1. The van der Waals surface area contributed by atoms with Crippen LogP contribution in [0.25, 0.3) is 0 Å². The van der Waals surface area contributed by atoms with E-state index in [0.717, 1.165) is 24.0 Å². The maximum atomic E-state index is 13.5. The minimum atomic E-state index is -1.24. The Labute approximate surface area is 301 Å². The summed E-state index contributed by atoms with van der Waals surface area (Å²) in [5.74, 6) is -2.48. The van der Waals surface area contributed by atoms with Gasteiger partial charge in [-0.3, -0.25) is 19.3 Å². The topological polar surface area (TPSA) is 146 Å². The summed E-state index contributed by atoms with van der Waals surface area (Å²) in [5, 5.41) is 15.6. The highest BCUT2D eigenvalue weighted by Gasteiger charge is 2.48. The Morgan fingerprint density at radius 1 is 0.843 bits per heavy atom. The van der Waals surface area contributed by atoms with E-state index in [1.165, 1.54) is 24.1 Å². The molecule has 1 fully saturated rings. The van der Waals surface area contributed by atoms with Gasteiger partial charge in [-0.25, -0.2) is 9.59 Å². The van der Waals surface area contributed by atoms with Gasteiger partial charge in [0.25, 0.3) is 12.6 Å². The van der Waals surface area contributed by atoms with Crippen LogP contribution in [0, 0.1) is 0 Å². The fourth-order valence-corrected chi connectivity index (χ4v) is 6.62. The lowest BCUT2D eigenvalue weighted by Gasteiger charge is -2.43. The van der Waals surface area contributed by atoms with Gasteiger partial charge in [-0.15, -0.1) is 0 Å². The van der Waals surface area contributed by atoms with Crippen LogP contribution in [0.4, 0.5) is 4.79 Å². The number of carbonyl (C=O) groups is 5. The molecule has 0 saturated heterocycles. The van der Waals surface area contributed by atoms with Crippen LogP contribution >= 0.6 is 11.6 Å². The van der Waals surface area contributed by atoms with Crippen LogP contribution in [0.5, 0.6) is 0 Å². The molecule has 51 heavy (non-hydrogen) atoms. The van der Waals surface area contributed by atoms with Crippen molar-refractivity contribution in [3.63, 3.8) is 0 Å². The van der Waals surface area contributed by atoms with E-state index < -0.39 is 41.5 Å². The summed E-state index contributed by atoms with van der Waals surface area (Å²) >= 11 is 6.51. The first-order valence-electron chi connectivity index (χ1n) is 16.7. The Morgan fingerprint density at radius 3 is 2.02 bits per heavy atom. The molecule has 4 aromatic rings. The highest BCUT2D eigenvalue weighted by molar-refractivity contribution is 6.31. The van der Waals surface area contributed by atoms with Crippen LogP contribution in [-0.2, 0) is 44.2 Å². The van der Waals surface area contributed by atoms with Crippen molar-refractivity contribution >= 4 is 41.3 Å². The molecule has 1 heterocycles. The third-order valence-corrected chi connectivity index (χ3v) is 9.44. The Morgan fingerprint density at radius 2 is 1.43 bits per heavy atom. The molecule has 11 nitrogen and oxygen atoms in total. The lowest BCUT2D eigenvalue weighted by atomic mass is 9.74. The molecule has 3 atom stereocenters. The van der Waals surface area contributed by atoms with Crippen LogP contribution < -0.4 is 15.2 Å². The monoisotopic (exact) mass is 711 g/mol. The third-order valence-electron chi connectivity index (χ3n) is 9.11. The number of likely N-dealkylation sites (N-methyl/N-ethyl adjacent to an activating group) is 1. The fraction of sp³-hybridized carbons (Fsp3) is 0.282. The van der Waals surface area contributed by atoms with Gasteiger partial charge >= 0.3 is 12.1 Å². The lowest BCUT2D eigenvalue weighted by Crippen LogP contribution is -2.55. The predicted molar refractivity (Wildman–Crippen MR) is 189 cm³/mol. The smallest absolute Gasteiger partial charge is 0.415 e. The van der Waals surface area contributed by atoms with Crippen LogP contribution in [0.1, 0.15) is 52.7 Å². The maximum absolute atomic E-state index is 13.5. The number of nitrogens with zero attached hydrogens (tertiary/aromatic N) is 2. The zero-order chi connectivity index (χ0) is 36.4. The standard InChI is InChI=1S/C39H39ClN4O7/c1-43(39(21-11-10-18-34(39)45)30-16-8-9-17-31(30)40)38(50)51-26-44-22-19-29(20-23-44)35(46)41-32(24-27-12-4-2-5-13-27)36(47)42-33(37(48)49)25-28-14-6-3-7-15-28/h2-9,12-17,19-20,22-23,32-33H,10-11,18,21,24-26H2,1H3,(H2-,41,42,46,47,48,49)/p+1/t32-,33-,39?/m0/s1. The number of carboxylic acid groups (broad SMARTS) is 1. The lowest BCUT2D eigenvalue weighted by molar-refractivity contribution is -0.727. The number of nitrogens with one attached hydrogen (secondary N) is 2. The number of aliphatic carboxylic acids is 1. The van der Waals surface area contributed by atoms with E-state index in [4.69, 9.17) is 16.3 Å². The van der Waals surface area contributed by atoms with Crippen molar-refractivity contribution in [2.24, 2.45) is 0 Å². The molecule has 0 spiro atoms. The van der Waals surface area contributed by atoms with Gasteiger partial charge in [0.05, 0.1) is 5.56 Å². The zero-order valence-corrected chi connectivity index (χ0v) is 28.9. The third kappa shape index (κ3) is 8.98. The molecule has 1 aliphatic carbocycles. The van der Waals surface area contributed by atoms with Gasteiger partial charge in [-0.05, 0) is 36.5 Å². The van der Waals surface area contributed by atoms with Crippen LogP contribution in [-0.4, -0.2) is 58.8 Å². The minimum Gasteiger partial charge on any atom is -0.480 e. The number of aromatic nitrogens is 1. The fourth-order valence-electron chi connectivity index (χ4n) is 6.33. The highest BCUT2D eigenvalue weighted by Crippen LogP contribution is 2.42. The second kappa shape index (κ2) is 16.9. The van der Waals surface area contributed by atoms with Gasteiger partial charge in [-0.1, -0.05) is 90.5 Å². The number of amides is 3. The van der Waals surface area contributed by atoms with E-state index in [2.05, 4.69) is 10.6 Å². The first kappa shape index (κ1) is 36.7. The molecular formula is C39H40ClN4O7+. The molecule has 12 heteroatoms. The largest absolute Gasteiger partial charge is 0.480 e. The summed E-state index contributed by atoms with van der Waals surface area (Å²) in [7, 11) is 1.54. The molecular weight excluding hydrogens is 672 g/mol. The first-order chi connectivity index (χ1) is 24.6. The molecule has 0 aliphatic heterocycles. The maximum Gasteiger partial charge on any atom is 0.415 e. The van der Waals surface area contributed by atoms with E-state index >= 15 is 0 Å². The van der Waals surface area contributed by atoms with Gasteiger partial charge in [-0.2, -0.15) is 4.57 Å². The Balaban J connectivity index is 1.25. The number of hydrogen-bond donors (Lipinski definition) is 3. The summed E-state index contributed by atoms with van der Waals surface area (Å²) in [4.78, 5) is 66.9. The number of Topliss-reactive ketones (excluding diaryl/α,β-unsaturated/α-hetero) is 1. The average molecular weight is 712 g/mol. The molecule has 1 unspecified atom stereocenters. The summed E-state index contributed by atoms with van der Waals surface area (Å²) in [5.41, 5.74) is 1.07. The number of ether oxygens (including phenoxy) is 1. The van der Waals surface area contributed by atoms with Gasteiger partial charge in [0.15, 0.2) is 18.2 Å². The van der Waals surface area contributed by atoms with E-state index in [-0.39, 0.29) is 30.9 Å². The van der Waals surface area contributed by atoms with Crippen molar-refractivity contribution in [1.29, 1.82) is 0 Å². The van der Waals surface area contributed by atoms with E-state index in [1.54, 1.807) is 65.5 Å². The van der Waals surface area contributed by atoms with Crippen molar-refractivity contribution < 1.29 is 38.4 Å². The van der Waals surface area contributed by atoms with Gasteiger partial charge in [0.1, 0.15) is 17.6 Å². The molecule has 0 radical (unpaired) electrons. The van der Waals surface area contributed by atoms with Crippen molar-refractivity contribution in [2.75, 3.05) is 7.05 Å². The molecule has 5 rings (SSSR count). The number of hydrogen-bond acceptors (Lipinski definition) is 6. The number of pyridine rings is 1. The van der Waals surface area contributed by atoms with Crippen molar-refractivity contribution in [3.05, 3.63) is 137 Å². The summed E-state index contributed by atoms with van der Waals surface area (Å²) in [6.07, 6.45) is 4.81. The first-order valence-corrected chi connectivity index (χ1v) is 17.1. The van der Waals surface area contributed by atoms with Crippen molar-refractivity contribution in [3.8, 4) is 0 Å². The van der Waals surface area contributed by atoms with E-state index in [1.807, 2.05) is 36.4 Å². The summed E-state index contributed by atoms with van der Waals surface area (Å²) < 4.78 is 7.14. The number of benzene rings is 3. The Hall–Kier alpha value is -5.55. The molecule has 1 aliphatic rings. The highest BCUT2D eigenvalue weighted by atomic mass is 35.5. The second-order valence-corrected chi connectivity index (χ2v) is 12.9. The van der Waals surface area contributed by atoms with Gasteiger partial charge in [0, 0.05) is 49.0 Å². The Bertz CT molecular complexity index is 1860. The summed E-state index contributed by atoms with van der Waals surface area (Å²) in [6, 6.07) is 25.8. The quantitative estimate of drug-likeness (QED) is 0.168. The molecule has 3 N–H and O–H groups in total. The SMILES string of the molecule is CN(C(=O)OC[n+]1ccc(C(=O)N[C@@H](Cc2ccccc2)C(=O)N[C@@H](Cc2ccccc2)C(=O)O)cc1)C1(c2ccccc2Cl)CCCCC1=O. The minimum absolute atomic E-state index is 0.0737. The molecule has 3 amide bonds. The number of carbonyl (C=O) groups excluding carboxylic acids is 4. The van der Waals surface area contributed by atoms with Crippen molar-refractivity contribution in [1.82, 2.24) is 15.5 Å². The van der Waals surface area contributed by atoms with Gasteiger partial charge in [0.2, 0.25) is 5.91 Å². The molecule has 1 saturated carbocycles. The Kier molecular flexibility index (Phi) is 12.2. The van der Waals surface area contributed by atoms with Crippen LogP contribution in [0.2, 0.25) is 5.02 Å². The average Bonchev–Trinajstić information content (AvgIpc) is 3.14. The van der Waals surface area contributed by atoms with Gasteiger partial charge < -0.3 is 20.5 Å². The van der Waals surface area contributed by atoms with E-state index in [0.29, 0.717) is 23.4 Å². The normalized spacial score (nSPS) is 16.7. The molecule has 264 valence electrons. The summed E-state index contributed by atoms with van der Waals surface area (Å²) in [6.45, 7) is -0.200. The second-order valence-electron chi connectivity index (χ2n) is 12.5. The molecule has 3 aromatic carbocycles.